The second-order valence-electron chi connectivity index (χ2n) is 4.10. The van der Waals surface area contributed by atoms with Gasteiger partial charge in [-0.15, -0.1) is 0 Å². The maximum Gasteiger partial charge on any atom is 0.319 e. The quantitative estimate of drug-likeness (QED) is 0.587. The lowest BCUT2D eigenvalue weighted by atomic mass is 10.0. The largest absolute Gasteiger partial charge is 0.468 e. The minimum absolute atomic E-state index is 0.112. The maximum atomic E-state index is 11.1. The van der Waals surface area contributed by atoms with Gasteiger partial charge in [0.2, 0.25) is 0 Å². The molecule has 1 saturated carbocycles. The van der Waals surface area contributed by atoms with Gasteiger partial charge in [0, 0.05) is 11.2 Å². The van der Waals surface area contributed by atoms with E-state index in [1.54, 1.807) is 0 Å². The van der Waals surface area contributed by atoms with E-state index in [-0.39, 0.29) is 18.1 Å². The van der Waals surface area contributed by atoms with E-state index in [9.17, 15) is 4.79 Å². The molecule has 1 aromatic carbocycles. The standard InChI is InChI=1S/C12H16N2O2/c1-16-11(15)8-14-12(6-7-12)9-4-2-3-5-10(9)13/h2-5,14H,6-8,13H2,1H3. The van der Waals surface area contributed by atoms with E-state index < -0.39 is 0 Å². The van der Waals surface area contributed by atoms with Gasteiger partial charge in [0.15, 0.2) is 0 Å². The number of para-hydroxylation sites is 1. The molecule has 86 valence electrons. The van der Waals surface area contributed by atoms with Gasteiger partial charge in [-0.3, -0.25) is 10.1 Å². The van der Waals surface area contributed by atoms with Crippen molar-refractivity contribution < 1.29 is 9.53 Å². The molecule has 0 radical (unpaired) electrons. The Kier molecular flexibility index (Phi) is 2.83. The minimum atomic E-state index is -0.249. The summed E-state index contributed by atoms with van der Waals surface area (Å²) in [5.41, 5.74) is 7.68. The third-order valence-electron chi connectivity index (χ3n) is 3.03. The van der Waals surface area contributed by atoms with Gasteiger partial charge >= 0.3 is 5.97 Å². The number of nitrogen functional groups attached to an aromatic ring is 1. The Morgan fingerprint density at radius 1 is 1.50 bits per heavy atom. The summed E-state index contributed by atoms with van der Waals surface area (Å²) in [6.45, 7) is 0.227. The van der Waals surface area contributed by atoms with E-state index >= 15 is 0 Å². The van der Waals surface area contributed by atoms with E-state index in [0.717, 1.165) is 24.1 Å². The van der Waals surface area contributed by atoms with Gasteiger partial charge in [-0.1, -0.05) is 18.2 Å². The molecule has 1 aliphatic rings. The SMILES string of the molecule is COC(=O)CNC1(c2ccccc2N)CC1. The fourth-order valence-electron chi connectivity index (χ4n) is 1.91. The molecule has 0 aromatic heterocycles. The molecule has 0 amide bonds. The van der Waals surface area contributed by atoms with Crippen molar-refractivity contribution in [3.63, 3.8) is 0 Å². The Hall–Kier alpha value is -1.55. The highest BCUT2D eigenvalue weighted by Crippen LogP contribution is 2.47. The molecule has 0 aliphatic heterocycles. The van der Waals surface area contributed by atoms with Crippen molar-refractivity contribution in [1.82, 2.24) is 5.32 Å². The van der Waals surface area contributed by atoms with E-state index in [1.165, 1.54) is 7.11 Å². The average molecular weight is 220 g/mol. The first kappa shape index (κ1) is 11.0. The summed E-state index contributed by atoms with van der Waals surface area (Å²) in [6.07, 6.45) is 2.02. The first-order valence-corrected chi connectivity index (χ1v) is 5.35. The van der Waals surface area contributed by atoms with Crippen LogP contribution in [0.2, 0.25) is 0 Å². The van der Waals surface area contributed by atoms with Crippen LogP contribution < -0.4 is 11.1 Å². The van der Waals surface area contributed by atoms with Crippen LogP contribution in [0.25, 0.3) is 0 Å². The molecule has 16 heavy (non-hydrogen) atoms. The molecule has 0 saturated heterocycles. The lowest BCUT2D eigenvalue weighted by Gasteiger charge is -2.18. The smallest absolute Gasteiger partial charge is 0.319 e. The number of hydrogen-bond donors (Lipinski definition) is 2. The second kappa shape index (κ2) is 4.14. The maximum absolute atomic E-state index is 11.1. The van der Waals surface area contributed by atoms with Gasteiger partial charge in [0.25, 0.3) is 0 Å². The van der Waals surface area contributed by atoms with Gasteiger partial charge in [-0.2, -0.15) is 0 Å². The van der Waals surface area contributed by atoms with E-state index in [1.807, 2.05) is 24.3 Å². The number of hydrogen-bond acceptors (Lipinski definition) is 4. The van der Waals surface area contributed by atoms with E-state index in [2.05, 4.69) is 10.1 Å². The third-order valence-corrected chi connectivity index (χ3v) is 3.03. The van der Waals surface area contributed by atoms with Gasteiger partial charge in [0.05, 0.1) is 13.7 Å². The number of benzene rings is 1. The van der Waals surface area contributed by atoms with E-state index in [4.69, 9.17) is 5.73 Å². The number of carbonyl (C=O) groups excluding carboxylic acids is 1. The summed E-state index contributed by atoms with van der Waals surface area (Å²) in [5.74, 6) is -0.249. The molecule has 3 N–H and O–H groups in total. The number of rotatable bonds is 4. The average Bonchev–Trinajstić information content (AvgIpc) is 3.07. The Morgan fingerprint density at radius 2 is 2.19 bits per heavy atom. The van der Waals surface area contributed by atoms with Crippen LogP contribution in [0.5, 0.6) is 0 Å². The molecule has 4 nitrogen and oxygen atoms in total. The molecule has 2 rings (SSSR count). The highest BCUT2D eigenvalue weighted by atomic mass is 16.5. The zero-order valence-corrected chi connectivity index (χ0v) is 9.32. The summed E-state index contributed by atoms with van der Waals surface area (Å²) in [4.78, 5) is 11.1. The van der Waals surface area contributed by atoms with Crippen molar-refractivity contribution in [2.45, 2.75) is 18.4 Å². The van der Waals surface area contributed by atoms with Crippen LogP contribution in [-0.2, 0) is 15.1 Å². The fourth-order valence-corrected chi connectivity index (χ4v) is 1.91. The van der Waals surface area contributed by atoms with Crippen molar-refractivity contribution in [3.8, 4) is 0 Å². The summed E-state index contributed by atoms with van der Waals surface area (Å²) >= 11 is 0. The molecule has 0 bridgehead atoms. The van der Waals surface area contributed by atoms with Crippen LogP contribution in [0.15, 0.2) is 24.3 Å². The first-order valence-electron chi connectivity index (χ1n) is 5.35. The van der Waals surface area contributed by atoms with Crippen LogP contribution in [0.4, 0.5) is 5.69 Å². The zero-order chi connectivity index (χ0) is 11.6. The molecule has 0 atom stereocenters. The normalized spacial score (nSPS) is 16.8. The molecule has 0 spiro atoms. The summed E-state index contributed by atoms with van der Waals surface area (Å²) in [5, 5.41) is 3.22. The second-order valence-corrected chi connectivity index (χ2v) is 4.10. The van der Waals surface area contributed by atoms with Crippen LogP contribution in [-0.4, -0.2) is 19.6 Å². The number of nitrogens with two attached hydrogens (primary N) is 1. The van der Waals surface area contributed by atoms with Crippen LogP contribution >= 0.6 is 0 Å². The molecular weight excluding hydrogens is 204 g/mol. The molecule has 1 aliphatic carbocycles. The predicted octanol–water partition coefficient (Wildman–Crippen LogP) is 1.02. The van der Waals surface area contributed by atoms with Gasteiger partial charge in [0.1, 0.15) is 0 Å². The Bertz CT molecular complexity index is 400. The van der Waals surface area contributed by atoms with Crippen LogP contribution in [0.1, 0.15) is 18.4 Å². The number of nitrogens with one attached hydrogen (secondary N) is 1. The summed E-state index contributed by atoms with van der Waals surface area (Å²) in [7, 11) is 1.39. The number of methoxy groups -OCH3 is 1. The highest BCUT2D eigenvalue weighted by molar-refractivity contribution is 5.71. The van der Waals surface area contributed by atoms with Crippen molar-refractivity contribution in [1.29, 1.82) is 0 Å². The summed E-state index contributed by atoms with van der Waals surface area (Å²) < 4.78 is 4.61. The first-order chi connectivity index (χ1) is 7.68. The van der Waals surface area contributed by atoms with Gasteiger partial charge in [-0.25, -0.2) is 0 Å². The Morgan fingerprint density at radius 3 is 2.75 bits per heavy atom. The van der Waals surface area contributed by atoms with Gasteiger partial charge in [-0.05, 0) is 24.5 Å². The molecule has 0 unspecified atom stereocenters. The lowest BCUT2D eigenvalue weighted by Crippen LogP contribution is -2.34. The molecule has 1 aromatic rings. The molecular formula is C12H16N2O2. The topological polar surface area (TPSA) is 64.3 Å². The number of esters is 1. The Labute approximate surface area is 94.8 Å². The predicted molar refractivity (Wildman–Crippen MR) is 61.8 cm³/mol. The summed E-state index contributed by atoms with van der Waals surface area (Å²) in [6, 6.07) is 7.77. The minimum Gasteiger partial charge on any atom is -0.468 e. The van der Waals surface area contributed by atoms with Crippen LogP contribution in [0.3, 0.4) is 0 Å². The van der Waals surface area contributed by atoms with Gasteiger partial charge < -0.3 is 10.5 Å². The molecule has 0 heterocycles. The molecule has 1 fully saturated rings. The number of anilines is 1. The monoisotopic (exact) mass is 220 g/mol. The van der Waals surface area contributed by atoms with Crippen molar-refractivity contribution in [2.24, 2.45) is 0 Å². The van der Waals surface area contributed by atoms with Crippen molar-refractivity contribution in [2.75, 3.05) is 19.4 Å². The molecule has 4 heteroatoms. The van der Waals surface area contributed by atoms with Crippen LogP contribution in [0, 0.1) is 0 Å². The van der Waals surface area contributed by atoms with E-state index in [0.29, 0.717) is 0 Å². The highest BCUT2D eigenvalue weighted by Gasteiger charge is 2.45. The number of carbonyl (C=O) groups is 1. The zero-order valence-electron chi connectivity index (χ0n) is 9.32. The van der Waals surface area contributed by atoms with Crippen molar-refractivity contribution in [3.05, 3.63) is 29.8 Å². The third kappa shape index (κ3) is 2.02. The van der Waals surface area contributed by atoms with Crippen molar-refractivity contribution >= 4 is 11.7 Å². The lowest BCUT2D eigenvalue weighted by molar-refractivity contribution is -0.139. The number of ether oxygens (including phenoxy) is 1. The Balaban J connectivity index is 2.09. The fraction of sp³-hybridized carbons (Fsp3) is 0.417.